The van der Waals surface area contributed by atoms with Crippen LogP contribution in [-0.2, 0) is 0 Å². The molecule has 1 fully saturated rings. The Morgan fingerprint density at radius 3 is 2.50 bits per heavy atom. The van der Waals surface area contributed by atoms with Crippen molar-refractivity contribution in [3.63, 3.8) is 0 Å². The molecule has 5 rings (SSSR count). The van der Waals surface area contributed by atoms with Gasteiger partial charge >= 0.3 is 19.1 Å². The molecule has 2 amide bonds. The largest absolute Gasteiger partial charge is 0.432 e. The van der Waals surface area contributed by atoms with Crippen molar-refractivity contribution in [1.29, 1.82) is 5.26 Å². The summed E-state index contributed by atoms with van der Waals surface area (Å²) in [6.07, 6.45) is 1.28. The minimum Gasteiger partial charge on any atom is -0.385 e. The van der Waals surface area contributed by atoms with Crippen molar-refractivity contribution in [2.75, 3.05) is 38.0 Å². The van der Waals surface area contributed by atoms with Crippen LogP contribution in [-0.4, -0.2) is 93.2 Å². The highest BCUT2D eigenvalue weighted by Gasteiger charge is 2.43. The van der Waals surface area contributed by atoms with Gasteiger partial charge in [0, 0.05) is 61.7 Å². The number of fused-ring (bicyclic) bond motifs is 1. The van der Waals surface area contributed by atoms with Crippen LogP contribution in [0.2, 0.25) is 11.3 Å². The van der Waals surface area contributed by atoms with E-state index in [0.717, 1.165) is 25.9 Å². The molecule has 4 N–H and O–H groups in total. The highest BCUT2D eigenvalue weighted by atomic mass is 35.5. The number of aliphatic hydroxyl groups is 1. The lowest BCUT2D eigenvalue weighted by Crippen LogP contribution is -2.65. The van der Waals surface area contributed by atoms with Gasteiger partial charge in [0.2, 0.25) is 0 Å². The van der Waals surface area contributed by atoms with E-state index in [4.69, 9.17) is 16.9 Å². The lowest BCUT2D eigenvalue weighted by Gasteiger charge is -2.38. The summed E-state index contributed by atoms with van der Waals surface area (Å²) in [5, 5.41) is 27.7. The van der Waals surface area contributed by atoms with Crippen LogP contribution < -0.4 is 16.0 Å². The third-order valence-corrected chi connectivity index (χ3v) is 7.86. The molecule has 0 aliphatic carbocycles. The van der Waals surface area contributed by atoms with Gasteiger partial charge in [0.1, 0.15) is 11.3 Å². The van der Waals surface area contributed by atoms with E-state index in [1.54, 1.807) is 23.1 Å². The number of aromatic nitrogens is 3. The van der Waals surface area contributed by atoms with Gasteiger partial charge in [-0.15, -0.1) is 0 Å². The average Bonchev–Trinajstić information content (AvgIpc) is 3.64. The standard InChI is InChI=1S/C20H13BClF3N6O.C11H23N3O2/c1-11(32)13-3-2-12(8-15(13)22)29-18-19-28-10-16(31(19)7-6-27-18)14-9-21(4-5-26)30-17(14)20(23,24)25;1-3-5-14(6-4-2)10(15)13-9-11(16)7-12-8-11/h2-3,6-10H,4H2,1H3,(H,27,29);12,16H,3-9H2,1-2H3,(H,13,15). The molecule has 17 heteroatoms. The summed E-state index contributed by atoms with van der Waals surface area (Å²) in [6, 6.07) is 6.53. The van der Waals surface area contributed by atoms with Crippen LogP contribution in [0.5, 0.6) is 0 Å². The SMILES string of the molecule is CC(=O)c1ccc(Nc2nccn3c(C4=CB(CC#N)N=C4C(F)(F)F)cnc23)cc1Cl.CCCN(CCC)C(=O)NCC1(O)CNC1. The lowest BCUT2D eigenvalue weighted by molar-refractivity contribution is -0.0569. The van der Waals surface area contributed by atoms with Gasteiger partial charge in [-0.3, -0.25) is 9.20 Å². The van der Waals surface area contributed by atoms with Crippen molar-refractivity contribution in [1.82, 2.24) is 29.9 Å². The Hall–Kier alpha value is -4.46. The van der Waals surface area contributed by atoms with Crippen molar-refractivity contribution in [2.45, 2.75) is 51.7 Å². The van der Waals surface area contributed by atoms with E-state index in [9.17, 15) is 27.9 Å². The molecular formula is C31H36BClF3N9O3. The number of nitriles is 1. The Morgan fingerprint density at radius 1 is 1.23 bits per heavy atom. The second-order valence-corrected chi connectivity index (χ2v) is 11.9. The summed E-state index contributed by atoms with van der Waals surface area (Å²) in [4.78, 5) is 37.3. The highest BCUT2D eigenvalue weighted by Crippen LogP contribution is 2.34. The van der Waals surface area contributed by atoms with Crippen molar-refractivity contribution in [2.24, 2.45) is 4.90 Å². The number of benzene rings is 1. The Labute approximate surface area is 281 Å². The van der Waals surface area contributed by atoms with Crippen molar-refractivity contribution >= 4 is 58.7 Å². The van der Waals surface area contributed by atoms with Crippen LogP contribution in [0.15, 0.2) is 47.7 Å². The first-order valence-electron chi connectivity index (χ1n) is 15.4. The smallest absolute Gasteiger partial charge is 0.385 e. The van der Waals surface area contributed by atoms with Crippen LogP contribution in [0.4, 0.5) is 29.5 Å². The second-order valence-electron chi connectivity index (χ2n) is 11.4. The molecule has 2 aliphatic heterocycles. The normalized spacial score (nSPS) is 15.0. The number of allylic oxidation sites excluding steroid dienone is 1. The van der Waals surface area contributed by atoms with Crippen molar-refractivity contribution in [3.05, 3.63) is 59.0 Å². The number of hydrogen-bond acceptors (Lipinski definition) is 9. The van der Waals surface area contributed by atoms with E-state index >= 15 is 0 Å². The number of alkyl halides is 3. The predicted molar refractivity (Wildman–Crippen MR) is 179 cm³/mol. The third kappa shape index (κ3) is 8.71. The molecule has 0 bridgehead atoms. The summed E-state index contributed by atoms with van der Waals surface area (Å²) in [7, 11) is 0. The Bertz CT molecular complexity index is 1750. The maximum Gasteiger partial charge on any atom is 0.432 e. The quantitative estimate of drug-likeness (QED) is 0.163. The fraction of sp³-hybridized carbons (Fsp3) is 0.419. The molecule has 0 atom stereocenters. The topological polar surface area (TPSA) is 160 Å². The molecule has 1 saturated heterocycles. The number of ketones is 1. The molecular weight excluding hydrogens is 650 g/mol. The zero-order valence-electron chi connectivity index (χ0n) is 26.7. The maximum absolute atomic E-state index is 13.6. The number of β-amino-alcohol motifs (C(OH)–C–C–N with tert-alkyl or cyclic N) is 1. The van der Waals surface area contributed by atoms with Crippen LogP contribution >= 0.6 is 11.6 Å². The van der Waals surface area contributed by atoms with Gasteiger partial charge in [0.25, 0.3) is 0 Å². The molecule has 4 heterocycles. The molecule has 48 heavy (non-hydrogen) atoms. The Balaban J connectivity index is 0.000000274. The van der Waals surface area contributed by atoms with E-state index in [0.29, 0.717) is 30.9 Å². The Kier molecular flexibility index (Phi) is 11.8. The monoisotopic (exact) mass is 685 g/mol. The van der Waals surface area contributed by atoms with E-state index in [-0.39, 0.29) is 45.9 Å². The minimum atomic E-state index is -4.68. The van der Waals surface area contributed by atoms with E-state index in [1.807, 2.05) is 6.07 Å². The second kappa shape index (κ2) is 15.6. The van der Waals surface area contributed by atoms with Crippen LogP contribution in [0, 0.1) is 11.3 Å². The first-order valence-corrected chi connectivity index (χ1v) is 15.8. The number of nitrogens with one attached hydrogen (secondary N) is 3. The molecule has 0 radical (unpaired) electrons. The molecule has 0 saturated carbocycles. The highest BCUT2D eigenvalue weighted by molar-refractivity contribution is 6.71. The zero-order valence-corrected chi connectivity index (χ0v) is 27.5. The number of carbonyl (C=O) groups is 2. The number of imidazole rings is 1. The Morgan fingerprint density at radius 2 is 1.94 bits per heavy atom. The number of anilines is 2. The molecule has 12 nitrogen and oxygen atoms in total. The van der Waals surface area contributed by atoms with E-state index in [2.05, 4.69) is 44.7 Å². The van der Waals surface area contributed by atoms with Gasteiger partial charge in [0.05, 0.1) is 29.5 Å². The molecule has 1 aromatic carbocycles. The first-order chi connectivity index (χ1) is 22.8. The van der Waals surface area contributed by atoms with Gasteiger partial charge in [-0.1, -0.05) is 31.4 Å². The van der Waals surface area contributed by atoms with Gasteiger partial charge < -0.3 is 30.9 Å². The summed E-state index contributed by atoms with van der Waals surface area (Å²) in [5.41, 5.74) is -0.580. The van der Waals surface area contributed by atoms with Gasteiger partial charge in [0.15, 0.2) is 17.2 Å². The van der Waals surface area contributed by atoms with E-state index in [1.165, 1.54) is 35.9 Å². The number of rotatable bonds is 11. The number of Topliss-reactive ketones (excluding diaryl/α,β-unsaturated/α-hetero) is 1. The fourth-order valence-electron chi connectivity index (χ4n) is 5.14. The summed E-state index contributed by atoms with van der Waals surface area (Å²) < 4.78 is 42.2. The van der Waals surface area contributed by atoms with Crippen molar-refractivity contribution in [3.8, 4) is 6.07 Å². The molecule has 2 aromatic heterocycles. The maximum atomic E-state index is 13.6. The molecule has 254 valence electrons. The van der Waals surface area contributed by atoms with Crippen LogP contribution in [0.3, 0.4) is 0 Å². The molecule has 3 aromatic rings. The van der Waals surface area contributed by atoms with Gasteiger partial charge in [-0.25, -0.2) is 14.8 Å². The number of carbonyl (C=O) groups excluding carboxylic acids is 2. The number of halogens is 4. The fourth-order valence-corrected chi connectivity index (χ4v) is 5.46. The van der Waals surface area contributed by atoms with Crippen LogP contribution in [0.25, 0.3) is 11.2 Å². The van der Waals surface area contributed by atoms with E-state index < -0.39 is 24.3 Å². The number of nitrogens with zero attached hydrogens (tertiary/aromatic N) is 6. The third-order valence-electron chi connectivity index (χ3n) is 7.54. The minimum absolute atomic E-state index is 0.0657. The van der Waals surface area contributed by atoms with Gasteiger partial charge in [-0.2, -0.15) is 18.4 Å². The number of hydrogen-bond donors (Lipinski definition) is 4. The summed E-state index contributed by atoms with van der Waals surface area (Å²) in [5.74, 6) is 1.42. The lowest BCUT2D eigenvalue weighted by atomic mass is 9.61. The molecule has 0 unspecified atom stereocenters. The number of amides is 2. The number of urea groups is 1. The average molecular weight is 686 g/mol. The van der Waals surface area contributed by atoms with Crippen LogP contribution in [0.1, 0.15) is 49.7 Å². The first kappa shape index (κ1) is 36.4. The summed E-state index contributed by atoms with van der Waals surface area (Å²) >= 11 is 6.14. The van der Waals surface area contributed by atoms with Gasteiger partial charge in [-0.05, 0) is 38.0 Å². The summed E-state index contributed by atoms with van der Waals surface area (Å²) in [6.45, 7) is 7.65. The molecule has 2 aliphatic rings. The zero-order chi connectivity index (χ0) is 35.1. The predicted octanol–water partition coefficient (Wildman–Crippen LogP) is 4.94. The molecule has 0 spiro atoms. The van der Waals surface area contributed by atoms with Crippen molar-refractivity contribution < 1.29 is 27.9 Å².